The maximum Gasteiger partial charge on any atom is 0.258 e. The zero-order valence-electron chi connectivity index (χ0n) is 13.6. The third-order valence-electron chi connectivity index (χ3n) is 4.08. The molecular weight excluding hydrogens is 330 g/mol. The summed E-state index contributed by atoms with van der Waals surface area (Å²) in [6.07, 6.45) is 3.84. The van der Waals surface area contributed by atoms with Crippen molar-refractivity contribution in [1.29, 1.82) is 0 Å². The average Bonchev–Trinajstić information content (AvgIpc) is 2.98. The lowest BCUT2D eigenvalue weighted by molar-refractivity contribution is 0.102. The summed E-state index contributed by atoms with van der Waals surface area (Å²) in [7, 11) is -0.586. The molecule has 8 heteroatoms. The third kappa shape index (κ3) is 3.07. The van der Waals surface area contributed by atoms with Gasteiger partial charge in [-0.1, -0.05) is 5.16 Å². The molecule has 0 fully saturated rings. The molecule has 1 aliphatic rings. The molecule has 1 aromatic carbocycles. The van der Waals surface area contributed by atoms with Crippen molar-refractivity contribution in [1.82, 2.24) is 9.46 Å². The number of hydrogen-bond donors (Lipinski definition) is 1. The summed E-state index contributed by atoms with van der Waals surface area (Å²) in [5, 5.41) is 6.71. The van der Waals surface area contributed by atoms with Crippen LogP contribution in [0.1, 0.15) is 34.5 Å². The Hall–Kier alpha value is -2.19. The number of nitrogens with one attached hydrogen (secondary N) is 1. The SMILES string of the molecule is CN(C)S(=O)(=O)c1ccc(C(=O)Nc2onc3c2CCCC3)cc1. The van der Waals surface area contributed by atoms with Crippen LogP contribution >= 0.6 is 0 Å². The zero-order valence-corrected chi connectivity index (χ0v) is 14.4. The number of aryl methyl sites for hydroxylation is 1. The fourth-order valence-electron chi connectivity index (χ4n) is 2.65. The Kier molecular flexibility index (Phi) is 4.42. The molecular formula is C16H19N3O4S. The minimum absolute atomic E-state index is 0.140. The first kappa shape index (κ1) is 16.7. The lowest BCUT2D eigenvalue weighted by Gasteiger charge is -2.12. The van der Waals surface area contributed by atoms with E-state index in [2.05, 4.69) is 10.5 Å². The minimum atomic E-state index is -3.51. The molecule has 0 saturated carbocycles. The van der Waals surface area contributed by atoms with Gasteiger partial charge in [0.25, 0.3) is 5.91 Å². The topological polar surface area (TPSA) is 92.5 Å². The summed E-state index contributed by atoms with van der Waals surface area (Å²) in [5.41, 5.74) is 2.22. The predicted octanol–water partition coefficient (Wildman–Crippen LogP) is 2.06. The van der Waals surface area contributed by atoms with Crippen molar-refractivity contribution in [3.8, 4) is 0 Å². The molecule has 1 amide bonds. The number of aromatic nitrogens is 1. The lowest BCUT2D eigenvalue weighted by atomic mass is 9.97. The second-order valence-electron chi connectivity index (χ2n) is 5.91. The van der Waals surface area contributed by atoms with Gasteiger partial charge in [0.15, 0.2) is 0 Å². The van der Waals surface area contributed by atoms with E-state index in [1.807, 2.05) is 0 Å². The van der Waals surface area contributed by atoms with Gasteiger partial charge in [0.1, 0.15) is 0 Å². The molecule has 2 aromatic rings. The van der Waals surface area contributed by atoms with Gasteiger partial charge >= 0.3 is 0 Å². The van der Waals surface area contributed by atoms with Gasteiger partial charge in [0.05, 0.1) is 10.6 Å². The Bertz CT molecular complexity index is 854. The average molecular weight is 349 g/mol. The summed E-state index contributed by atoms with van der Waals surface area (Å²) in [5.74, 6) is 0.0352. The van der Waals surface area contributed by atoms with Crippen LogP contribution < -0.4 is 5.32 Å². The molecule has 1 aliphatic carbocycles. The lowest BCUT2D eigenvalue weighted by Crippen LogP contribution is -2.22. The summed E-state index contributed by atoms with van der Waals surface area (Å²) in [6, 6.07) is 5.79. The number of hydrogen-bond acceptors (Lipinski definition) is 5. The van der Waals surface area contributed by atoms with Crippen molar-refractivity contribution in [2.75, 3.05) is 19.4 Å². The highest BCUT2D eigenvalue weighted by atomic mass is 32.2. The van der Waals surface area contributed by atoms with Crippen LogP contribution in [-0.4, -0.2) is 37.9 Å². The first-order valence-corrected chi connectivity index (χ1v) is 9.15. The molecule has 0 atom stereocenters. The van der Waals surface area contributed by atoms with Crippen LogP contribution in [0.4, 0.5) is 5.88 Å². The highest BCUT2D eigenvalue weighted by Crippen LogP contribution is 2.28. The summed E-state index contributed by atoms with van der Waals surface area (Å²) >= 11 is 0. The Balaban J connectivity index is 1.78. The maximum absolute atomic E-state index is 12.3. The van der Waals surface area contributed by atoms with Crippen LogP contribution in [0.5, 0.6) is 0 Å². The molecule has 1 heterocycles. The van der Waals surface area contributed by atoms with Gasteiger partial charge in [-0.05, 0) is 49.9 Å². The van der Waals surface area contributed by atoms with Crippen molar-refractivity contribution in [2.24, 2.45) is 0 Å². The first-order valence-electron chi connectivity index (χ1n) is 7.71. The quantitative estimate of drug-likeness (QED) is 0.912. The molecule has 0 bridgehead atoms. The van der Waals surface area contributed by atoms with Crippen molar-refractivity contribution in [3.63, 3.8) is 0 Å². The maximum atomic E-state index is 12.3. The Morgan fingerprint density at radius 3 is 2.50 bits per heavy atom. The monoisotopic (exact) mass is 349 g/mol. The van der Waals surface area contributed by atoms with Gasteiger partial charge in [-0.25, -0.2) is 12.7 Å². The van der Waals surface area contributed by atoms with E-state index in [9.17, 15) is 13.2 Å². The Morgan fingerprint density at radius 1 is 1.17 bits per heavy atom. The van der Waals surface area contributed by atoms with Gasteiger partial charge in [-0.15, -0.1) is 0 Å². The Morgan fingerprint density at radius 2 is 1.83 bits per heavy atom. The number of sulfonamides is 1. The number of nitrogens with zero attached hydrogens (tertiary/aromatic N) is 2. The normalized spacial score (nSPS) is 14.5. The molecule has 0 spiro atoms. The molecule has 7 nitrogen and oxygen atoms in total. The van der Waals surface area contributed by atoms with Gasteiger partial charge in [-0.2, -0.15) is 0 Å². The zero-order chi connectivity index (χ0) is 17.3. The van der Waals surface area contributed by atoms with Crippen molar-refractivity contribution in [2.45, 2.75) is 30.6 Å². The van der Waals surface area contributed by atoms with Gasteiger partial charge in [0, 0.05) is 25.2 Å². The van der Waals surface area contributed by atoms with Crippen molar-refractivity contribution in [3.05, 3.63) is 41.1 Å². The molecule has 24 heavy (non-hydrogen) atoms. The van der Waals surface area contributed by atoms with E-state index in [1.165, 1.54) is 38.4 Å². The largest absolute Gasteiger partial charge is 0.338 e. The molecule has 1 aromatic heterocycles. The smallest absolute Gasteiger partial charge is 0.258 e. The second kappa shape index (κ2) is 6.37. The van der Waals surface area contributed by atoms with E-state index < -0.39 is 10.0 Å². The van der Waals surface area contributed by atoms with Crippen molar-refractivity contribution < 1.29 is 17.7 Å². The van der Waals surface area contributed by atoms with E-state index in [0.29, 0.717) is 11.4 Å². The molecule has 3 rings (SSSR count). The number of benzene rings is 1. The van der Waals surface area contributed by atoms with E-state index in [1.54, 1.807) is 0 Å². The van der Waals surface area contributed by atoms with E-state index >= 15 is 0 Å². The van der Waals surface area contributed by atoms with Crippen LogP contribution in [0.3, 0.4) is 0 Å². The van der Waals surface area contributed by atoms with E-state index in [4.69, 9.17) is 4.52 Å². The summed E-state index contributed by atoms with van der Waals surface area (Å²) in [6.45, 7) is 0. The Labute approximate surface area is 140 Å². The fraction of sp³-hybridized carbons (Fsp3) is 0.375. The highest BCUT2D eigenvalue weighted by Gasteiger charge is 2.22. The predicted molar refractivity (Wildman–Crippen MR) is 88.4 cm³/mol. The fourth-order valence-corrected chi connectivity index (χ4v) is 3.55. The number of anilines is 1. The van der Waals surface area contributed by atoms with Gasteiger partial charge in [0.2, 0.25) is 15.9 Å². The van der Waals surface area contributed by atoms with E-state index in [0.717, 1.165) is 41.2 Å². The van der Waals surface area contributed by atoms with Crippen LogP contribution in [0.2, 0.25) is 0 Å². The summed E-state index contributed by atoms with van der Waals surface area (Å²) < 4.78 is 30.4. The second-order valence-corrected chi connectivity index (χ2v) is 8.06. The van der Waals surface area contributed by atoms with Crippen LogP contribution in [0.25, 0.3) is 0 Å². The van der Waals surface area contributed by atoms with Crippen LogP contribution in [0, 0.1) is 0 Å². The molecule has 128 valence electrons. The standard InChI is InChI=1S/C16H19N3O4S/c1-19(2)24(21,22)12-9-7-11(8-10-12)15(20)17-16-13-5-3-4-6-14(13)18-23-16/h7-10H,3-6H2,1-2H3,(H,17,20). The van der Waals surface area contributed by atoms with Gasteiger partial charge < -0.3 is 4.52 Å². The summed E-state index contributed by atoms with van der Waals surface area (Å²) in [4.78, 5) is 12.5. The number of fused-ring (bicyclic) bond motifs is 1. The van der Waals surface area contributed by atoms with Crippen LogP contribution in [0.15, 0.2) is 33.7 Å². The molecule has 0 unspecified atom stereocenters. The van der Waals surface area contributed by atoms with Gasteiger partial charge in [-0.3, -0.25) is 10.1 Å². The minimum Gasteiger partial charge on any atom is -0.338 e. The number of carbonyl (C=O) groups is 1. The number of rotatable bonds is 4. The van der Waals surface area contributed by atoms with Crippen molar-refractivity contribution >= 4 is 21.8 Å². The van der Waals surface area contributed by atoms with E-state index in [-0.39, 0.29) is 10.8 Å². The number of amides is 1. The highest BCUT2D eigenvalue weighted by molar-refractivity contribution is 7.89. The molecule has 0 saturated heterocycles. The van der Waals surface area contributed by atoms with Crippen LogP contribution in [-0.2, 0) is 22.9 Å². The first-order chi connectivity index (χ1) is 11.4. The third-order valence-corrected chi connectivity index (χ3v) is 5.91. The molecule has 0 aliphatic heterocycles. The number of carbonyl (C=O) groups excluding carboxylic acids is 1. The molecule has 1 N–H and O–H groups in total. The molecule has 0 radical (unpaired) electrons.